The van der Waals surface area contributed by atoms with Crippen LogP contribution in [0.3, 0.4) is 0 Å². The highest BCUT2D eigenvalue weighted by atomic mass is 16.5. The fourth-order valence-corrected chi connectivity index (χ4v) is 4.59. The number of amides is 1. The van der Waals surface area contributed by atoms with Crippen molar-refractivity contribution in [1.29, 1.82) is 0 Å². The Hall–Kier alpha value is -0.610. The summed E-state index contributed by atoms with van der Waals surface area (Å²) >= 11 is 0. The number of hydrogen-bond acceptors (Lipinski definition) is 3. The molecule has 21 heavy (non-hydrogen) atoms. The van der Waals surface area contributed by atoms with Gasteiger partial charge in [-0.15, -0.1) is 0 Å². The highest BCUT2D eigenvalue weighted by Crippen LogP contribution is 2.43. The number of nitrogens with two attached hydrogens (primary N) is 1. The first-order valence-electron chi connectivity index (χ1n) is 8.82. The molecule has 1 saturated carbocycles. The smallest absolute Gasteiger partial charge is 0.239 e. The first kappa shape index (κ1) is 15.3. The second-order valence-electron chi connectivity index (χ2n) is 7.40. The highest BCUT2D eigenvalue weighted by molar-refractivity contribution is 5.82. The summed E-state index contributed by atoms with van der Waals surface area (Å²) in [5, 5.41) is 0. The second-order valence-corrected chi connectivity index (χ2v) is 7.40. The van der Waals surface area contributed by atoms with Gasteiger partial charge in [-0.25, -0.2) is 0 Å². The van der Waals surface area contributed by atoms with E-state index < -0.39 is 0 Å². The first-order valence-corrected chi connectivity index (χ1v) is 8.82. The maximum Gasteiger partial charge on any atom is 0.239 e. The molecule has 4 nitrogen and oxygen atoms in total. The van der Waals surface area contributed by atoms with E-state index in [0.717, 1.165) is 45.6 Å². The molecule has 0 radical (unpaired) electrons. The molecule has 4 heteroatoms. The van der Waals surface area contributed by atoms with Gasteiger partial charge in [0.2, 0.25) is 5.91 Å². The molecule has 3 fully saturated rings. The van der Waals surface area contributed by atoms with Crippen molar-refractivity contribution in [2.45, 2.75) is 63.8 Å². The zero-order chi connectivity index (χ0) is 14.7. The average Bonchev–Trinajstić information content (AvgIpc) is 2.55. The maximum absolute atomic E-state index is 12.8. The first-order chi connectivity index (χ1) is 10.2. The fourth-order valence-electron chi connectivity index (χ4n) is 4.59. The van der Waals surface area contributed by atoms with E-state index in [-0.39, 0.29) is 11.9 Å². The molecular formula is C17H30N2O2. The van der Waals surface area contributed by atoms with E-state index in [1.807, 2.05) is 0 Å². The average molecular weight is 294 g/mol. The quantitative estimate of drug-likeness (QED) is 0.850. The molecule has 3 rings (SSSR count). The van der Waals surface area contributed by atoms with Gasteiger partial charge in [0.1, 0.15) is 0 Å². The van der Waals surface area contributed by atoms with Gasteiger partial charge >= 0.3 is 0 Å². The van der Waals surface area contributed by atoms with Crippen molar-refractivity contribution in [2.24, 2.45) is 17.1 Å². The van der Waals surface area contributed by atoms with Crippen LogP contribution in [0.2, 0.25) is 0 Å². The van der Waals surface area contributed by atoms with Gasteiger partial charge in [0, 0.05) is 26.3 Å². The van der Waals surface area contributed by atoms with Crippen LogP contribution in [0, 0.1) is 11.3 Å². The van der Waals surface area contributed by atoms with Crippen molar-refractivity contribution >= 4 is 5.91 Å². The van der Waals surface area contributed by atoms with Crippen LogP contribution in [-0.2, 0) is 9.53 Å². The van der Waals surface area contributed by atoms with Crippen molar-refractivity contribution < 1.29 is 9.53 Å². The zero-order valence-corrected chi connectivity index (χ0v) is 13.2. The molecule has 1 spiro atoms. The van der Waals surface area contributed by atoms with Gasteiger partial charge in [-0.1, -0.05) is 19.3 Å². The molecule has 0 bridgehead atoms. The highest BCUT2D eigenvalue weighted by Gasteiger charge is 2.39. The third-order valence-corrected chi connectivity index (χ3v) is 5.95. The SMILES string of the molecule is NC(C(=O)N1CCCC2(CCCCC2)C1)C1CCOCC1. The number of rotatable bonds is 2. The molecule has 2 aliphatic heterocycles. The van der Waals surface area contributed by atoms with Gasteiger partial charge < -0.3 is 15.4 Å². The molecule has 0 aromatic carbocycles. The molecule has 1 unspecified atom stereocenters. The minimum absolute atomic E-state index is 0.201. The summed E-state index contributed by atoms with van der Waals surface area (Å²) in [6.45, 7) is 3.39. The van der Waals surface area contributed by atoms with E-state index in [2.05, 4.69) is 4.90 Å². The molecule has 1 aliphatic carbocycles. The number of ether oxygens (including phenoxy) is 1. The monoisotopic (exact) mass is 294 g/mol. The normalized spacial score (nSPS) is 28.5. The third-order valence-electron chi connectivity index (χ3n) is 5.95. The molecule has 1 amide bonds. The number of piperidine rings is 1. The number of hydrogen-bond donors (Lipinski definition) is 1. The van der Waals surface area contributed by atoms with Gasteiger partial charge in [0.05, 0.1) is 6.04 Å². The largest absolute Gasteiger partial charge is 0.381 e. The molecule has 2 heterocycles. The predicted octanol–water partition coefficient (Wildman–Crippen LogP) is 2.31. The number of nitrogens with zero attached hydrogens (tertiary/aromatic N) is 1. The van der Waals surface area contributed by atoms with E-state index >= 15 is 0 Å². The van der Waals surface area contributed by atoms with Crippen LogP contribution < -0.4 is 5.73 Å². The molecule has 3 aliphatic rings. The summed E-state index contributed by atoms with van der Waals surface area (Å²) in [5.41, 5.74) is 6.71. The Morgan fingerprint density at radius 1 is 1.10 bits per heavy atom. The van der Waals surface area contributed by atoms with E-state index in [9.17, 15) is 4.79 Å². The van der Waals surface area contributed by atoms with Crippen molar-refractivity contribution in [1.82, 2.24) is 4.90 Å². The molecule has 2 N–H and O–H groups in total. The number of likely N-dealkylation sites (tertiary alicyclic amines) is 1. The van der Waals surface area contributed by atoms with E-state index in [4.69, 9.17) is 10.5 Å². The van der Waals surface area contributed by atoms with Crippen molar-refractivity contribution in [3.8, 4) is 0 Å². The lowest BCUT2D eigenvalue weighted by Gasteiger charge is -2.46. The van der Waals surface area contributed by atoms with Crippen molar-refractivity contribution in [3.63, 3.8) is 0 Å². The maximum atomic E-state index is 12.8. The predicted molar refractivity (Wildman–Crippen MR) is 82.9 cm³/mol. The summed E-state index contributed by atoms with van der Waals surface area (Å²) in [4.78, 5) is 14.9. The minimum atomic E-state index is -0.312. The number of carbonyl (C=O) groups is 1. The Labute approximate surface area is 128 Å². The second kappa shape index (κ2) is 6.66. The molecule has 2 saturated heterocycles. The Morgan fingerprint density at radius 3 is 2.48 bits per heavy atom. The summed E-state index contributed by atoms with van der Waals surface area (Å²) in [6, 6.07) is -0.312. The standard InChI is InChI=1S/C17H30N2O2/c18-15(14-5-11-21-12-6-14)16(20)19-10-4-9-17(13-19)7-2-1-3-8-17/h14-15H,1-13,18H2. The van der Waals surface area contributed by atoms with Crippen LogP contribution in [0.4, 0.5) is 0 Å². The van der Waals surface area contributed by atoms with Crippen LogP contribution in [0.1, 0.15) is 57.8 Å². The fraction of sp³-hybridized carbons (Fsp3) is 0.941. The van der Waals surface area contributed by atoms with Crippen LogP contribution >= 0.6 is 0 Å². The lowest BCUT2D eigenvalue weighted by atomic mass is 9.69. The van der Waals surface area contributed by atoms with E-state index in [1.165, 1.54) is 38.5 Å². The molecule has 120 valence electrons. The van der Waals surface area contributed by atoms with Gasteiger partial charge in [-0.2, -0.15) is 0 Å². The third kappa shape index (κ3) is 3.42. The Morgan fingerprint density at radius 2 is 1.76 bits per heavy atom. The Balaban J connectivity index is 1.60. The summed E-state index contributed by atoms with van der Waals surface area (Å²) < 4.78 is 5.38. The summed E-state index contributed by atoms with van der Waals surface area (Å²) in [6.07, 6.45) is 11.0. The van der Waals surface area contributed by atoms with Gasteiger partial charge in [-0.05, 0) is 49.9 Å². The summed E-state index contributed by atoms with van der Waals surface area (Å²) in [7, 11) is 0. The van der Waals surface area contributed by atoms with Crippen LogP contribution in [0.5, 0.6) is 0 Å². The topological polar surface area (TPSA) is 55.6 Å². The van der Waals surface area contributed by atoms with Crippen LogP contribution in [0.25, 0.3) is 0 Å². The van der Waals surface area contributed by atoms with Crippen molar-refractivity contribution in [2.75, 3.05) is 26.3 Å². The van der Waals surface area contributed by atoms with E-state index in [1.54, 1.807) is 0 Å². The van der Waals surface area contributed by atoms with Gasteiger partial charge in [0.25, 0.3) is 0 Å². The zero-order valence-electron chi connectivity index (χ0n) is 13.2. The molecule has 0 aromatic rings. The Bertz CT molecular complexity index is 354. The lowest BCUT2D eigenvalue weighted by Crippen LogP contribution is -2.54. The summed E-state index contributed by atoms with van der Waals surface area (Å²) in [5.74, 6) is 0.516. The Kier molecular flexibility index (Phi) is 4.85. The van der Waals surface area contributed by atoms with E-state index in [0.29, 0.717) is 11.3 Å². The van der Waals surface area contributed by atoms with Crippen LogP contribution in [-0.4, -0.2) is 43.2 Å². The number of carbonyl (C=O) groups excluding carboxylic acids is 1. The molecular weight excluding hydrogens is 264 g/mol. The minimum Gasteiger partial charge on any atom is -0.381 e. The lowest BCUT2D eigenvalue weighted by molar-refractivity contribution is -0.139. The molecule has 1 atom stereocenters. The van der Waals surface area contributed by atoms with Crippen LogP contribution in [0.15, 0.2) is 0 Å². The van der Waals surface area contributed by atoms with Gasteiger partial charge in [0.15, 0.2) is 0 Å². The molecule has 0 aromatic heterocycles. The van der Waals surface area contributed by atoms with Gasteiger partial charge in [-0.3, -0.25) is 4.79 Å². The van der Waals surface area contributed by atoms with Crippen molar-refractivity contribution in [3.05, 3.63) is 0 Å².